The maximum atomic E-state index is 12.3. The molecule has 0 aliphatic rings. The average molecular weight is 217 g/mol. The Morgan fingerprint density at radius 2 is 2.07 bits per heavy atom. The van der Waals surface area contributed by atoms with E-state index < -0.39 is 11.7 Å². The number of alkyl halides is 3. The van der Waals surface area contributed by atoms with Gasteiger partial charge in [0.15, 0.2) is 0 Å². The molecule has 0 fully saturated rings. The van der Waals surface area contributed by atoms with Crippen molar-refractivity contribution in [3.8, 4) is 0 Å². The fourth-order valence-electron chi connectivity index (χ4n) is 0.998. The maximum absolute atomic E-state index is 12.3. The Morgan fingerprint density at radius 3 is 2.67 bits per heavy atom. The normalized spacial score (nSPS) is 12.3. The van der Waals surface area contributed by atoms with Crippen LogP contribution >= 0.6 is 0 Å². The lowest BCUT2D eigenvalue weighted by molar-refractivity contribution is -0.137. The van der Waals surface area contributed by atoms with Crippen LogP contribution in [0.3, 0.4) is 0 Å². The largest absolute Gasteiger partial charge is 0.417 e. The number of aromatic nitrogens is 1. The summed E-state index contributed by atoms with van der Waals surface area (Å²) < 4.78 is 36.8. The van der Waals surface area contributed by atoms with Crippen LogP contribution in [-0.4, -0.2) is 16.7 Å². The minimum absolute atomic E-state index is 0.0249. The van der Waals surface area contributed by atoms with Gasteiger partial charge in [0.25, 0.3) is 0 Å². The first-order valence-corrected chi connectivity index (χ1v) is 4.33. The first-order chi connectivity index (χ1) is 7.04. The lowest BCUT2D eigenvalue weighted by atomic mass is 10.2. The van der Waals surface area contributed by atoms with Gasteiger partial charge in [0.1, 0.15) is 0 Å². The highest BCUT2D eigenvalue weighted by atomic mass is 19.4. The summed E-state index contributed by atoms with van der Waals surface area (Å²) in [5.41, 5.74) is -0.396. The van der Waals surface area contributed by atoms with Gasteiger partial charge in [0, 0.05) is 19.0 Å². The molecule has 1 heterocycles. The number of aliphatic hydroxyl groups excluding tert-OH is 1. The lowest BCUT2D eigenvalue weighted by Crippen LogP contribution is -2.05. The molecule has 0 aliphatic heterocycles. The van der Waals surface area contributed by atoms with E-state index in [0.29, 0.717) is 12.0 Å². The minimum Gasteiger partial charge on any atom is -0.396 e. The van der Waals surface area contributed by atoms with Crippen molar-refractivity contribution in [1.82, 2.24) is 4.98 Å². The topological polar surface area (TPSA) is 33.1 Å². The number of rotatable bonds is 3. The van der Waals surface area contributed by atoms with E-state index in [1.54, 1.807) is 6.08 Å². The summed E-state index contributed by atoms with van der Waals surface area (Å²) in [5.74, 6) is 0. The molecule has 0 aliphatic carbocycles. The standard InChI is InChI=1S/C10H10F3NO/c11-10(12,13)9-5-8(6-14-7-9)3-1-2-4-15/h1,3,5-7,15H,2,4H2. The Bertz CT molecular complexity index is 347. The van der Waals surface area contributed by atoms with Crippen molar-refractivity contribution < 1.29 is 18.3 Å². The van der Waals surface area contributed by atoms with Crippen molar-refractivity contribution in [3.05, 3.63) is 35.7 Å². The second kappa shape index (κ2) is 4.93. The molecule has 1 rings (SSSR count). The van der Waals surface area contributed by atoms with Crippen LogP contribution in [0, 0.1) is 0 Å². The molecule has 1 N–H and O–H groups in total. The molecule has 0 bridgehead atoms. The van der Waals surface area contributed by atoms with Crippen LogP contribution in [0.2, 0.25) is 0 Å². The molecule has 0 saturated heterocycles. The summed E-state index contributed by atoms with van der Waals surface area (Å²) in [7, 11) is 0. The molecule has 0 spiro atoms. The zero-order valence-corrected chi connectivity index (χ0v) is 7.83. The van der Waals surface area contributed by atoms with Gasteiger partial charge in [0.05, 0.1) is 5.56 Å². The molecule has 82 valence electrons. The van der Waals surface area contributed by atoms with E-state index in [2.05, 4.69) is 4.98 Å². The van der Waals surface area contributed by atoms with E-state index in [9.17, 15) is 13.2 Å². The summed E-state index contributed by atoms with van der Waals surface area (Å²) in [6, 6.07) is 1.01. The van der Waals surface area contributed by atoms with Crippen LogP contribution in [0.25, 0.3) is 6.08 Å². The molecule has 1 aromatic heterocycles. The third-order valence-corrected chi connectivity index (χ3v) is 1.69. The Morgan fingerprint density at radius 1 is 1.33 bits per heavy atom. The highest BCUT2D eigenvalue weighted by Crippen LogP contribution is 2.29. The van der Waals surface area contributed by atoms with Gasteiger partial charge in [-0.3, -0.25) is 4.98 Å². The molecule has 0 aromatic carbocycles. The fourth-order valence-corrected chi connectivity index (χ4v) is 0.998. The van der Waals surface area contributed by atoms with E-state index in [-0.39, 0.29) is 6.61 Å². The number of hydrogen-bond donors (Lipinski definition) is 1. The predicted molar refractivity (Wildman–Crippen MR) is 50.0 cm³/mol. The van der Waals surface area contributed by atoms with Crippen LogP contribution in [-0.2, 0) is 6.18 Å². The number of halogens is 3. The third kappa shape index (κ3) is 3.71. The van der Waals surface area contributed by atoms with E-state index in [0.717, 1.165) is 12.3 Å². The number of pyridine rings is 1. The average Bonchev–Trinajstić information content (AvgIpc) is 2.17. The SMILES string of the molecule is OCCC=Cc1cncc(C(F)(F)F)c1. The van der Waals surface area contributed by atoms with Gasteiger partial charge in [-0.05, 0) is 18.1 Å². The van der Waals surface area contributed by atoms with Gasteiger partial charge in [-0.2, -0.15) is 13.2 Å². The molecule has 0 radical (unpaired) electrons. The lowest BCUT2D eigenvalue weighted by Gasteiger charge is -2.05. The van der Waals surface area contributed by atoms with E-state index >= 15 is 0 Å². The van der Waals surface area contributed by atoms with Crippen molar-refractivity contribution in [2.75, 3.05) is 6.61 Å². The molecule has 15 heavy (non-hydrogen) atoms. The van der Waals surface area contributed by atoms with Crippen molar-refractivity contribution in [3.63, 3.8) is 0 Å². The van der Waals surface area contributed by atoms with E-state index in [1.165, 1.54) is 12.3 Å². The minimum atomic E-state index is -4.37. The second-order valence-corrected chi connectivity index (χ2v) is 2.92. The summed E-state index contributed by atoms with van der Waals surface area (Å²) >= 11 is 0. The molecule has 0 amide bonds. The molecule has 1 aromatic rings. The summed E-state index contributed by atoms with van der Waals surface area (Å²) in [5, 5.41) is 8.48. The number of nitrogens with zero attached hydrogens (tertiary/aromatic N) is 1. The van der Waals surface area contributed by atoms with Crippen molar-refractivity contribution in [1.29, 1.82) is 0 Å². The van der Waals surface area contributed by atoms with Crippen molar-refractivity contribution in [2.45, 2.75) is 12.6 Å². The third-order valence-electron chi connectivity index (χ3n) is 1.69. The Balaban J connectivity index is 2.84. The molecule has 2 nitrogen and oxygen atoms in total. The molecule has 0 unspecified atom stereocenters. The van der Waals surface area contributed by atoms with Crippen LogP contribution in [0.15, 0.2) is 24.5 Å². The Labute approximate surface area is 85.1 Å². The van der Waals surface area contributed by atoms with Crippen LogP contribution in [0.4, 0.5) is 13.2 Å². The van der Waals surface area contributed by atoms with Crippen LogP contribution < -0.4 is 0 Å². The maximum Gasteiger partial charge on any atom is 0.417 e. The van der Waals surface area contributed by atoms with Crippen LogP contribution in [0.1, 0.15) is 17.5 Å². The molecule has 5 heteroatoms. The quantitative estimate of drug-likeness (QED) is 0.843. The molecule has 0 atom stereocenters. The number of hydrogen-bond acceptors (Lipinski definition) is 2. The first-order valence-electron chi connectivity index (χ1n) is 4.33. The smallest absolute Gasteiger partial charge is 0.396 e. The molecular formula is C10H10F3NO. The van der Waals surface area contributed by atoms with Crippen molar-refractivity contribution >= 4 is 6.08 Å². The predicted octanol–water partition coefficient (Wildman–Crippen LogP) is 2.50. The van der Waals surface area contributed by atoms with Gasteiger partial charge in [-0.15, -0.1) is 0 Å². The van der Waals surface area contributed by atoms with E-state index in [1.807, 2.05) is 0 Å². The zero-order chi connectivity index (χ0) is 11.3. The highest BCUT2D eigenvalue weighted by Gasteiger charge is 2.30. The Hall–Kier alpha value is -1.36. The summed E-state index contributed by atoms with van der Waals surface area (Å²) in [4.78, 5) is 3.50. The van der Waals surface area contributed by atoms with E-state index in [4.69, 9.17) is 5.11 Å². The zero-order valence-electron chi connectivity index (χ0n) is 7.83. The van der Waals surface area contributed by atoms with Gasteiger partial charge >= 0.3 is 6.18 Å². The second-order valence-electron chi connectivity index (χ2n) is 2.92. The van der Waals surface area contributed by atoms with Gasteiger partial charge in [0.2, 0.25) is 0 Å². The van der Waals surface area contributed by atoms with Gasteiger partial charge in [-0.25, -0.2) is 0 Å². The highest BCUT2D eigenvalue weighted by molar-refractivity contribution is 5.48. The van der Waals surface area contributed by atoms with Gasteiger partial charge < -0.3 is 5.11 Å². The monoisotopic (exact) mass is 217 g/mol. The molecule has 0 saturated carbocycles. The Kier molecular flexibility index (Phi) is 3.85. The fraction of sp³-hybridized carbons (Fsp3) is 0.300. The molecular weight excluding hydrogens is 207 g/mol. The van der Waals surface area contributed by atoms with Crippen LogP contribution in [0.5, 0.6) is 0 Å². The van der Waals surface area contributed by atoms with Crippen molar-refractivity contribution in [2.24, 2.45) is 0 Å². The summed E-state index contributed by atoms with van der Waals surface area (Å²) in [6.45, 7) is -0.0249. The summed E-state index contributed by atoms with van der Waals surface area (Å²) in [6.07, 6.45) is 1.26. The number of aliphatic hydroxyl groups is 1. The van der Waals surface area contributed by atoms with Gasteiger partial charge in [-0.1, -0.05) is 12.2 Å². The first kappa shape index (κ1) is 11.7.